The van der Waals surface area contributed by atoms with Crippen molar-refractivity contribution in [3.8, 4) is 0 Å². The fourth-order valence-corrected chi connectivity index (χ4v) is 1.23. The molecule has 0 bridgehead atoms. The first-order chi connectivity index (χ1) is 7.61. The van der Waals surface area contributed by atoms with E-state index in [1.165, 1.54) is 4.90 Å². The molecule has 0 unspecified atom stereocenters. The van der Waals surface area contributed by atoms with Crippen LogP contribution in [0.25, 0.3) is 0 Å². The molecule has 0 radical (unpaired) electrons. The molecule has 0 saturated heterocycles. The first-order valence-corrected chi connectivity index (χ1v) is 5.77. The van der Waals surface area contributed by atoms with Gasteiger partial charge in [-0.2, -0.15) is 0 Å². The summed E-state index contributed by atoms with van der Waals surface area (Å²) < 4.78 is 0. The van der Waals surface area contributed by atoms with Gasteiger partial charge in [0.2, 0.25) is 11.8 Å². The molecule has 0 saturated carbocycles. The summed E-state index contributed by atoms with van der Waals surface area (Å²) in [7, 11) is 3.51. The Kier molecular flexibility index (Phi) is 8.52. The Morgan fingerprint density at radius 3 is 2.50 bits per heavy atom. The molecule has 5 nitrogen and oxygen atoms in total. The van der Waals surface area contributed by atoms with Gasteiger partial charge in [0.15, 0.2) is 0 Å². The summed E-state index contributed by atoms with van der Waals surface area (Å²) in [6.07, 6.45) is 2.19. The lowest BCUT2D eigenvalue weighted by atomic mass is 10.3. The number of hydrogen-bond acceptors (Lipinski definition) is 3. The van der Waals surface area contributed by atoms with E-state index in [0.717, 1.165) is 19.4 Å². The van der Waals surface area contributed by atoms with E-state index in [-0.39, 0.29) is 18.4 Å². The van der Waals surface area contributed by atoms with Crippen molar-refractivity contribution in [2.75, 3.05) is 33.7 Å². The van der Waals surface area contributed by atoms with E-state index in [1.54, 1.807) is 7.05 Å². The smallest absolute Gasteiger partial charge is 0.239 e. The van der Waals surface area contributed by atoms with Crippen LogP contribution < -0.4 is 10.6 Å². The SMILES string of the molecule is CCCNC(=O)CN(C)C(=O)CCCNC. The summed E-state index contributed by atoms with van der Waals surface area (Å²) in [6.45, 7) is 3.63. The first kappa shape index (κ1) is 14.9. The van der Waals surface area contributed by atoms with Crippen LogP contribution in [0.3, 0.4) is 0 Å². The molecule has 0 aromatic carbocycles. The van der Waals surface area contributed by atoms with Gasteiger partial charge in [-0.3, -0.25) is 9.59 Å². The maximum atomic E-state index is 11.5. The van der Waals surface area contributed by atoms with E-state index in [2.05, 4.69) is 10.6 Å². The summed E-state index contributed by atoms with van der Waals surface area (Å²) in [4.78, 5) is 24.3. The quantitative estimate of drug-likeness (QED) is 0.575. The molecule has 0 aliphatic heterocycles. The van der Waals surface area contributed by atoms with Crippen LogP contribution in [0, 0.1) is 0 Å². The van der Waals surface area contributed by atoms with Crippen LogP contribution in [0.5, 0.6) is 0 Å². The van der Waals surface area contributed by atoms with Crippen molar-refractivity contribution < 1.29 is 9.59 Å². The Morgan fingerprint density at radius 1 is 1.25 bits per heavy atom. The lowest BCUT2D eigenvalue weighted by Gasteiger charge is -2.16. The van der Waals surface area contributed by atoms with Crippen molar-refractivity contribution in [1.29, 1.82) is 0 Å². The number of rotatable bonds is 8. The van der Waals surface area contributed by atoms with E-state index in [4.69, 9.17) is 0 Å². The molecule has 2 N–H and O–H groups in total. The third-order valence-electron chi connectivity index (χ3n) is 2.20. The standard InChI is InChI=1S/C11H23N3O2/c1-4-7-13-10(15)9-14(3)11(16)6-5-8-12-2/h12H,4-9H2,1-3H3,(H,13,15). The lowest BCUT2D eigenvalue weighted by molar-refractivity contribution is -0.134. The van der Waals surface area contributed by atoms with Gasteiger partial charge in [0.05, 0.1) is 6.54 Å². The highest BCUT2D eigenvalue weighted by Gasteiger charge is 2.11. The van der Waals surface area contributed by atoms with Gasteiger partial charge < -0.3 is 15.5 Å². The molecule has 94 valence electrons. The summed E-state index contributed by atoms with van der Waals surface area (Å²) in [6, 6.07) is 0. The second-order valence-electron chi connectivity index (χ2n) is 3.81. The highest BCUT2D eigenvalue weighted by molar-refractivity contribution is 5.84. The minimum absolute atomic E-state index is 0.0156. The Bertz CT molecular complexity index is 219. The Morgan fingerprint density at radius 2 is 1.94 bits per heavy atom. The van der Waals surface area contributed by atoms with E-state index in [9.17, 15) is 9.59 Å². The number of nitrogens with one attached hydrogen (secondary N) is 2. The number of nitrogens with zero attached hydrogens (tertiary/aromatic N) is 1. The monoisotopic (exact) mass is 229 g/mol. The topological polar surface area (TPSA) is 61.4 Å². The molecule has 0 aromatic heterocycles. The fourth-order valence-electron chi connectivity index (χ4n) is 1.23. The molecular weight excluding hydrogens is 206 g/mol. The number of hydrogen-bond donors (Lipinski definition) is 2. The van der Waals surface area contributed by atoms with Crippen molar-refractivity contribution >= 4 is 11.8 Å². The zero-order chi connectivity index (χ0) is 12.4. The van der Waals surface area contributed by atoms with Crippen LogP contribution in [0.1, 0.15) is 26.2 Å². The molecule has 0 rings (SSSR count). The molecular formula is C11H23N3O2. The third-order valence-corrected chi connectivity index (χ3v) is 2.20. The minimum atomic E-state index is -0.0914. The normalized spacial score (nSPS) is 9.94. The van der Waals surface area contributed by atoms with E-state index in [1.807, 2.05) is 14.0 Å². The number of carbonyl (C=O) groups is 2. The second kappa shape index (κ2) is 9.15. The molecule has 0 atom stereocenters. The summed E-state index contributed by atoms with van der Waals surface area (Å²) in [5.74, 6) is -0.0757. The summed E-state index contributed by atoms with van der Waals surface area (Å²) in [5, 5.41) is 5.72. The second-order valence-corrected chi connectivity index (χ2v) is 3.81. The average molecular weight is 229 g/mol. The number of carbonyl (C=O) groups excluding carboxylic acids is 2. The molecule has 5 heteroatoms. The Labute approximate surface area is 97.6 Å². The van der Waals surface area contributed by atoms with Crippen molar-refractivity contribution in [3.05, 3.63) is 0 Å². The summed E-state index contributed by atoms with van der Waals surface area (Å²) >= 11 is 0. The molecule has 0 aromatic rings. The Hall–Kier alpha value is -1.10. The number of likely N-dealkylation sites (N-methyl/N-ethyl adjacent to an activating group) is 1. The fraction of sp³-hybridized carbons (Fsp3) is 0.818. The van der Waals surface area contributed by atoms with Gasteiger partial charge in [0, 0.05) is 20.0 Å². The van der Waals surface area contributed by atoms with Crippen molar-refractivity contribution in [2.45, 2.75) is 26.2 Å². The highest BCUT2D eigenvalue weighted by Crippen LogP contribution is 1.94. The molecule has 16 heavy (non-hydrogen) atoms. The van der Waals surface area contributed by atoms with Gasteiger partial charge in [-0.25, -0.2) is 0 Å². The molecule has 0 aliphatic carbocycles. The molecule has 0 heterocycles. The van der Waals surface area contributed by atoms with Gasteiger partial charge in [-0.1, -0.05) is 6.92 Å². The van der Waals surface area contributed by atoms with Gasteiger partial charge in [0.25, 0.3) is 0 Å². The molecule has 0 fully saturated rings. The summed E-state index contributed by atoms with van der Waals surface area (Å²) in [5.41, 5.74) is 0. The van der Waals surface area contributed by atoms with E-state index >= 15 is 0 Å². The van der Waals surface area contributed by atoms with E-state index in [0.29, 0.717) is 13.0 Å². The van der Waals surface area contributed by atoms with Gasteiger partial charge in [0.1, 0.15) is 0 Å². The Balaban J connectivity index is 3.73. The van der Waals surface area contributed by atoms with Crippen molar-refractivity contribution in [1.82, 2.24) is 15.5 Å². The largest absolute Gasteiger partial charge is 0.355 e. The van der Waals surface area contributed by atoms with Crippen molar-refractivity contribution in [3.63, 3.8) is 0 Å². The van der Waals surface area contributed by atoms with Gasteiger partial charge in [-0.05, 0) is 26.4 Å². The number of amides is 2. The van der Waals surface area contributed by atoms with Crippen LogP contribution in [0.15, 0.2) is 0 Å². The maximum absolute atomic E-state index is 11.5. The van der Waals surface area contributed by atoms with Crippen LogP contribution in [-0.2, 0) is 9.59 Å². The predicted octanol–water partition coefficient (Wildman–Crippen LogP) is -0.0294. The average Bonchev–Trinajstić information content (AvgIpc) is 2.26. The van der Waals surface area contributed by atoms with Crippen LogP contribution in [0.4, 0.5) is 0 Å². The molecule has 2 amide bonds. The van der Waals surface area contributed by atoms with Crippen molar-refractivity contribution in [2.24, 2.45) is 0 Å². The first-order valence-electron chi connectivity index (χ1n) is 5.77. The van der Waals surface area contributed by atoms with Crippen LogP contribution in [0.2, 0.25) is 0 Å². The third kappa shape index (κ3) is 7.23. The zero-order valence-electron chi connectivity index (χ0n) is 10.5. The minimum Gasteiger partial charge on any atom is -0.355 e. The maximum Gasteiger partial charge on any atom is 0.239 e. The zero-order valence-corrected chi connectivity index (χ0v) is 10.5. The van der Waals surface area contributed by atoms with Gasteiger partial charge in [-0.15, -0.1) is 0 Å². The van der Waals surface area contributed by atoms with Crippen LogP contribution >= 0.6 is 0 Å². The van der Waals surface area contributed by atoms with E-state index < -0.39 is 0 Å². The lowest BCUT2D eigenvalue weighted by Crippen LogP contribution is -2.38. The van der Waals surface area contributed by atoms with Gasteiger partial charge >= 0.3 is 0 Å². The van der Waals surface area contributed by atoms with Crippen LogP contribution in [-0.4, -0.2) is 50.4 Å². The molecule has 0 aliphatic rings. The molecule has 0 spiro atoms. The predicted molar refractivity (Wildman–Crippen MR) is 64.1 cm³/mol. The highest BCUT2D eigenvalue weighted by atomic mass is 16.2.